The van der Waals surface area contributed by atoms with Gasteiger partial charge in [0.05, 0.1) is 0 Å². The molecule has 0 heterocycles. The smallest absolute Gasteiger partial charge is 0.0253 e. The summed E-state index contributed by atoms with van der Waals surface area (Å²) in [5.41, 5.74) is 6.96. The molecule has 0 fully saturated rings. The molecule has 0 bridgehead atoms. The van der Waals surface area contributed by atoms with Crippen LogP contribution in [0.2, 0.25) is 0 Å². The molecule has 152 valence electrons. The van der Waals surface area contributed by atoms with Crippen molar-refractivity contribution in [3.63, 3.8) is 0 Å². The fourth-order valence-electron chi connectivity index (χ4n) is 3.20. The zero-order valence-corrected chi connectivity index (χ0v) is 20.7. The zero-order valence-electron chi connectivity index (χ0n) is 16.8. The molecule has 0 nitrogen and oxygen atoms in total. The van der Waals surface area contributed by atoms with Crippen molar-refractivity contribution in [2.45, 2.75) is 19.3 Å². The molecule has 0 amide bonds. The Hall–Kier alpha value is -1.66. The quantitative estimate of drug-likeness (QED) is 0.309. The van der Waals surface area contributed by atoms with Crippen LogP contribution in [-0.2, 0) is 37.1 Å². The number of halogens is 2. The summed E-state index contributed by atoms with van der Waals surface area (Å²) in [5, 5.41) is 0. The SMILES string of the molecule is [Cl-].[Cl-].[Zr+2]=[CH]CCc1ccccc1.[c-]1cccc2c1Cc1ccccc1-2.c1cc[cH-]c1. The van der Waals surface area contributed by atoms with Crippen LogP contribution in [0.15, 0.2) is 103 Å². The van der Waals surface area contributed by atoms with Gasteiger partial charge in [0.2, 0.25) is 0 Å². The molecule has 1 aliphatic carbocycles. The Morgan fingerprint density at radius 3 is 2.13 bits per heavy atom. The Kier molecular flexibility index (Phi) is 13.4. The van der Waals surface area contributed by atoms with Gasteiger partial charge in [-0.2, -0.15) is 48.0 Å². The van der Waals surface area contributed by atoms with Crippen LogP contribution in [-0.4, -0.2) is 3.71 Å². The second-order valence-electron chi connectivity index (χ2n) is 6.59. The number of rotatable bonds is 3. The standard InChI is InChI=1S/C13H9.C9H10.C5H5.2ClH.Zr/c1-3-7-12-10(5-1)9-11-6-2-4-8-13(11)12;1-2-6-9-7-4-3-5-8-9;1-2-4-5-3-1;;;/h1-5,7-8H,9H2;1,3-5,7-8H,2,6H2;1-5H;2*1H;/q-1;;-1;;;+2/p-2. The van der Waals surface area contributed by atoms with Gasteiger partial charge in [0.25, 0.3) is 0 Å². The Balaban J connectivity index is 0.000000237. The monoisotopic (exact) mass is 508 g/mol. The first-order valence-electron chi connectivity index (χ1n) is 9.66. The first kappa shape index (κ1) is 26.4. The van der Waals surface area contributed by atoms with Gasteiger partial charge >= 0.3 is 76.7 Å². The summed E-state index contributed by atoms with van der Waals surface area (Å²) < 4.78 is 2.29. The van der Waals surface area contributed by atoms with Crippen molar-refractivity contribution in [3.05, 3.63) is 126 Å². The number of hydrogen-bond acceptors (Lipinski definition) is 0. The minimum absolute atomic E-state index is 0. The minimum atomic E-state index is 0. The summed E-state index contributed by atoms with van der Waals surface area (Å²) >= 11 is 1.53. The zero-order chi connectivity index (χ0) is 19.4. The van der Waals surface area contributed by atoms with E-state index in [1.165, 1.54) is 64.9 Å². The first-order valence-corrected chi connectivity index (χ1v) is 11.1. The molecule has 0 N–H and O–H groups in total. The van der Waals surface area contributed by atoms with Crippen molar-refractivity contribution in [1.29, 1.82) is 0 Å². The van der Waals surface area contributed by atoms with E-state index >= 15 is 0 Å². The van der Waals surface area contributed by atoms with Crippen LogP contribution in [0, 0.1) is 6.07 Å². The molecule has 0 aromatic heterocycles. The van der Waals surface area contributed by atoms with Gasteiger partial charge in [0, 0.05) is 0 Å². The third-order valence-corrected chi connectivity index (χ3v) is 5.30. The topological polar surface area (TPSA) is 0 Å². The Labute approximate surface area is 207 Å². The number of aryl methyl sites for hydroxylation is 1. The molecule has 4 aromatic rings. The van der Waals surface area contributed by atoms with Crippen LogP contribution >= 0.6 is 0 Å². The summed E-state index contributed by atoms with van der Waals surface area (Å²) in [7, 11) is 0. The van der Waals surface area contributed by atoms with Gasteiger partial charge in [-0.1, -0.05) is 35.4 Å². The van der Waals surface area contributed by atoms with Crippen molar-refractivity contribution < 1.29 is 49.0 Å². The molecule has 4 aromatic carbocycles. The molecular formula is C27H24Cl2Zr-2. The Bertz CT molecular complexity index is 902. The molecular weight excluding hydrogens is 486 g/mol. The van der Waals surface area contributed by atoms with E-state index < -0.39 is 0 Å². The predicted molar refractivity (Wildman–Crippen MR) is 116 cm³/mol. The van der Waals surface area contributed by atoms with E-state index in [-0.39, 0.29) is 24.8 Å². The molecule has 0 atom stereocenters. The second kappa shape index (κ2) is 15.2. The third kappa shape index (κ3) is 8.23. The molecule has 5 rings (SSSR count). The van der Waals surface area contributed by atoms with Gasteiger partial charge in [-0.05, 0) is 6.42 Å². The van der Waals surface area contributed by atoms with Crippen LogP contribution < -0.4 is 24.8 Å². The number of benzene rings is 3. The fraction of sp³-hybridized carbons (Fsp3) is 0.111. The average molecular weight is 511 g/mol. The van der Waals surface area contributed by atoms with Gasteiger partial charge in [0.1, 0.15) is 0 Å². The van der Waals surface area contributed by atoms with Crippen molar-refractivity contribution in [1.82, 2.24) is 0 Å². The van der Waals surface area contributed by atoms with E-state index in [4.69, 9.17) is 0 Å². The molecule has 0 saturated heterocycles. The van der Waals surface area contributed by atoms with E-state index in [0.717, 1.165) is 6.42 Å². The molecule has 0 saturated carbocycles. The van der Waals surface area contributed by atoms with E-state index in [0.29, 0.717) is 0 Å². The maximum absolute atomic E-state index is 3.30. The van der Waals surface area contributed by atoms with Crippen LogP contribution in [0.3, 0.4) is 0 Å². The molecule has 0 unspecified atom stereocenters. The van der Waals surface area contributed by atoms with Crippen LogP contribution in [0.25, 0.3) is 11.1 Å². The fourth-order valence-corrected chi connectivity index (χ4v) is 3.56. The van der Waals surface area contributed by atoms with Crippen LogP contribution in [0.4, 0.5) is 0 Å². The van der Waals surface area contributed by atoms with Crippen molar-refractivity contribution >= 4 is 3.71 Å². The summed E-state index contributed by atoms with van der Waals surface area (Å²) in [6.07, 6.45) is 3.47. The first-order chi connectivity index (χ1) is 13.9. The molecule has 0 radical (unpaired) electrons. The van der Waals surface area contributed by atoms with Gasteiger partial charge in [-0.3, -0.25) is 0 Å². The average Bonchev–Trinajstić information content (AvgIpc) is 3.45. The Morgan fingerprint density at radius 1 is 0.800 bits per heavy atom. The van der Waals surface area contributed by atoms with Crippen molar-refractivity contribution in [2.75, 3.05) is 0 Å². The predicted octanol–water partition coefficient (Wildman–Crippen LogP) is 0.440. The summed E-state index contributed by atoms with van der Waals surface area (Å²) in [4.78, 5) is 0. The Morgan fingerprint density at radius 2 is 1.47 bits per heavy atom. The molecule has 30 heavy (non-hydrogen) atoms. The van der Waals surface area contributed by atoms with Crippen LogP contribution in [0.1, 0.15) is 23.1 Å². The van der Waals surface area contributed by atoms with Gasteiger partial charge < -0.3 is 24.8 Å². The largest absolute Gasteiger partial charge is 0.214 e. The molecule has 1 aliphatic rings. The van der Waals surface area contributed by atoms with Crippen molar-refractivity contribution in [2.24, 2.45) is 0 Å². The van der Waals surface area contributed by atoms with E-state index in [9.17, 15) is 0 Å². The molecule has 0 aliphatic heterocycles. The summed E-state index contributed by atoms with van der Waals surface area (Å²) in [5.74, 6) is 0. The maximum atomic E-state index is 3.30. The third-order valence-electron chi connectivity index (χ3n) is 4.59. The molecule has 3 heteroatoms. The maximum Gasteiger partial charge on any atom is -0.0253 e. The summed E-state index contributed by atoms with van der Waals surface area (Å²) in [6, 6.07) is 38.7. The van der Waals surface area contributed by atoms with Crippen molar-refractivity contribution in [3.8, 4) is 11.1 Å². The van der Waals surface area contributed by atoms with Crippen LogP contribution in [0.5, 0.6) is 0 Å². The molecule has 0 spiro atoms. The second-order valence-corrected chi connectivity index (χ2v) is 7.59. The van der Waals surface area contributed by atoms with E-state index in [1.807, 2.05) is 36.4 Å². The normalized spacial score (nSPS) is 9.80. The van der Waals surface area contributed by atoms with Gasteiger partial charge in [-0.25, -0.2) is 12.1 Å². The number of fused-ring (bicyclic) bond motifs is 3. The van der Waals surface area contributed by atoms with E-state index in [1.54, 1.807) is 0 Å². The van der Waals surface area contributed by atoms with Gasteiger partial charge in [-0.15, -0.1) is 5.56 Å². The van der Waals surface area contributed by atoms with E-state index in [2.05, 4.69) is 76.5 Å². The summed E-state index contributed by atoms with van der Waals surface area (Å²) in [6.45, 7) is 0. The minimum Gasteiger partial charge on any atom is -0.214 e. The van der Waals surface area contributed by atoms with Gasteiger partial charge in [0.15, 0.2) is 0 Å². The number of hydrogen-bond donors (Lipinski definition) is 0.